The van der Waals surface area contributed by atoms with Crippen LogP contribution in [-0.4, -0.2) is 20.5 Å². The van der Waals surface area contributed by atoms with Gasteiger partial charge in [0.1, 0.15) is 0 Å². The first-order valence-corrected chi connectivity index (χ1v) is 8.32. The summed E-state index contributed by atoms with van der Waals surface area (Å²) in [5.74, 6) is 0. The molecule has 0 spiro atoms. The molecule has 1 fully saturated rings. The molecule has 1 aromatic carbocycles. The van der Waals surface area contributed by atoms with Crippen LogP contribution in [0.5, 0.6) is 0 Å². The topological polar surface area (TPSA) is 72.2 Å². The van der Waals surface area contributed by atoms with Crippen LogP contribution in [0.1, 0.15) is 37.7 Å². The third-order valence-corrected chi connectivity index (χ3v) is 5.21. The zero-order valence-corrected chi connectivity index (χ0v) is 12.1. The minimum Gasteiger partial charge on any atom is -0.326 e. The van der Waals surface area contributed by atoms with Crippen LogP contribution in [0.4, 0.5) is 0 Å². The fourth-order valence-corrected chi connectivity index (χ4v) is 3.79. The first-order valence-electron chi connectivity index (χ1n) is 6.83. The molecule has 1 aliphatic carbocycles. The Morgan fingerprint density at radius 1 is 1.11 bits per heavy atom. The average Bonchev–Trinajstić information content (AvgIpc) is 2.55. The van der Waals surface area contributed by atoms with E-state index in [2.05, 4.69) is 4.72 Å². The summed E-state index contributed by atoms with van der Waals surface area (Å²) in [4.78, 5) is 0.314. The van der Waals surface area contributed by atoms with E-state index in [1.54, 1.807) is 12.1 Å². The van der Waals surface area contributed by atoms with Crippen LogP contribution in [0, 0.1) is 6.92 Å². The molecule has 2 atom stereocenters. The summed E-state index contributed by atoms with van der Waals surface area (Å²) >= 11 is 0. The molecule has 1 aromatic rings. The van der Waals surface area contributed by atoms with Crippen LogP contribution in [0.15, 0.2) is 29.2 Å². The smallest absolute Gasteiger partial charge is 0.240 e. The molecule has 0 aromatic heterocycles. The molecule has 0 amide bonds. The van der Waals surface area contributed by atoms with Crippen molar-refractivity contribution < 1.29 is 8.42 Å². The highest BCUT2D eigenvalue weighted by Crippen LogP contribution is 2.19. The molecule has 0 heterocycles. The summed E-state index contributed by atoms with van der Waals surface area (Å²) in [7, 11) is -3.46. The van der Waals surface area contributed by atoms with Gasteiger partial charge in [0.05, 0.1) is 4.90 Å². The summed E-state index contributed by atoms with van der Waals surface area (Å²) in [5.41, 5.74) is 7.11. The Bertz CT molecular complexity index is 511. The highest BCUT2D eigenvalue weighted by atomic mass is 32.2. The monoisotopic (exact) mass is 282 g/mol. The van der Waals surface area contributed by atoms with Crippen molar-refractivity contribution >= 4 is 10.0 Å². The number of aryl methyl sites for hydroxylation is 1. The van der Waals surface area contributed by atoms with Crippen LogP contribution >= 0.6 is 0 Å². The molecule has 2 rings (SSSR count). The first kappa shape index (κ1) is 14.5. The Morgan fingerprint density at radius 3 is 2.42 bits per heavy atom. The highest BCUT2D eigenvalue weighted by molar-refractivity contribution is 7.89. The molecule has 0 radical (unpaired) electrons. The predicted molar refractivity (Wildman–Crippen MR) is 76.3 cm³/mol. The maximum Gasteiger partial charge on any atom is 0.240 e. The summed E-state index contributed by atoms with van der Waals surface area (Å²) < 4.78 is 27.4. The number of hydrogen-bond donors (Lipinski definition) is 2. The Labute approximate surface area is 115 Å². The van der Waals surface area contributed by atoms with E-state index in [-0.39, 0.29) is 12.1 Å². The maximum absolute atomic E-state index is 12.3. The fourth-order valence-electron chi connectivity index (χ4n) is 2.47. The minimum atomic E-state index is -3.46. The van der Waals surface area contributed by atoms with E-state index >= 15 is 0 Å². The van der Waals surface area contributed by atoms with E-state index in [9.17, 15) is 8.42 Å². The molecule has 0 saturated heterocycles. The molecule has 0 bridgehead atoms. The number of hydrogen-bond acceptors (Lipinski definition) is 3. The van der Waals surface area contributed by atoms with Crippen LogP contribution < -0.4 is 10.5 Å². The van der Waals surface area contributed by atoms with Gasteiger partial charge < -0.3 is 5.73 Å². The lowest BCUT2D eigenvalue weighted by molar-refractivity contribution is 0.456. The molecule has 5 heteroatoms. The molecule has 106 valence electrons. The van der Waals surface area contributed by atoms with E-state index in [1.165, 1.54) is 0 Å². The number of nitrogens with two attached hydrogens (primary N) is 1. The van der Waals surface area contributed by atoms with E-state index in [4.69, 9.17) is 5.73 Å². The van der Waals surface area contributed by atoms with Crippen molar-refractivity contribution in [1.29, 1.82) is 0 Å². The van der Waals surface area contributed by atoms with Gasteiger partial charge in [-0.3, -0.25) is 0 Å². The van der Waals surface area contributed by atoms with Gasteiger partial charge in [-0.25, -0.2) is 13.1 Å². The summed E-state index contributed by atoms with van der Waals surface area (Å²) in [5, 5.41) is 0. The second-order valence-electron chi connectivity index (χ2n) is 5.34. The molecule has 1 aliphatic rings. The normalized spacial score (nSPS) is 24.9. The standard InChI is InChI=1S/C14H22N2O2S/c1-11-7-9-12(10-8-11)19(17,18)16-14-6-4-2-3-5-13(14)15/h7-10,13-14,16H,2-6,15H2,1H3. The van der Waals surface area contributed by atoms with E-state index in [1.807, 2.05) is 19.1 Å². The van der Waals surface area contributed by atoms with Gasteiger partial charge in [0, 0.05) is 12.1 Å². The van der Waals surface area contributed by atoms with Crippen LogP contribution in [-0.2, 0) is 10.0 Å². The van der Waals surface area contributed by atoms with Gasteiger partial charge in [0.25, 0.3) is 0 Å². The first-order chi connectivity index (χ1) is 8.99. The lowest BCUT2D eigenvalue weighted by atomic mass is 10.1. The van der Waals surface area contributed by atoms with Gasteiger partial charge >= 0.3 is 0 Å². The summed E-state index contributed by atoms with van der Waals surface area (Å²) in [6.45, 7) is 1.94. The second-order valence-corrected chi connectivity index (χ2v) is 7.06. The number of rotatable bonds is 3. The number of sulfonamides is 1. The van der Waals surface area contributed by atoms with Crippen molar-refractivity contribution in [2.45, 2.75) is 56.0 Å². The van der Waals surface area contributed by atoms with Crippen molar-refractivity contribution in [3.8, 4) is 0 Å². The van der Waals surface area contributed by atoms with Crippen molar-refractivity contribution in [2.75, 3.05) is 0 Å². The maximum atomic E-state index is 12.3. The minimum absolute atomic E-state index is 0.0808. The van der Waals surface area contributed by atoms with Gasteiger partial charge in [-0.1, -0.05) is 37.0 Å². The molecule has 3 N–H and O–H groups in total. The third-order valence-electron chi connectivity index (χ3n) is 3.71. The van der Waals surface area contributed by atoms with Crippen molar-refractivity contribution in [3.63, 3.8) is 0 Å². The van der Waals surface area contributed by atoms with Gasteiger partial charge in [-0.05, 0) is 31.9 Å². The van der Waals surface area contributed by atoms with Gasteiger partial charge in [-0.2, -0.15) is 0 Å². The lowest BCUT2D eigenvalue weighted by Crippen LogP contribution is -2.46. The summed E-state index contributed by atoms with van der Waals surface area (Å²) in [6, 6.07) is 6.67. The van der Waals surface area contributed by atoms with Crippen molar-refractivity contribution in [3.05, 3.63) is 29.8 Å². The zero-order chi connectivity index (χ0) is 13.9. The third kappa shape index (κ3) is 3.78. The lowest BCUT2D eigenvalue weighted by Gasteiger charge is -2.22. The highest BCUT2D eigenvalue weighted by Gasteiger charge is 2.25. The quantitative estimate of drug-likeness (QED) is 0.832. The average molecular weight is 282 g/mol. The molecular weight excluding hydrogens is 260 g/mol. The fraction of sp³-hybridized carbons (Fsp3) is 0.571. The predicted octanol–water partition coefficient (Wildman–Crippen LogP) is 1.93. The molecule has 1 saturated carbocycles. The number of benzene rings is 1. The van der Waals surface area contributed by atoms with Crippen LogP contribution in [0.3, 0.4) is 0 Å². The largest absolute Gasteiger partial charge is 0.326 e. The van der Waals surface area contributed by atoms with Gasteiger partial charge in [0.2, 0.25) is 10.0 Å². The molecule has 2 unspecified atom stereocenters. The molecular formula is C14H22N2O2S. The second kappa shape index (κ2) is 6.03. The summed E-state index contributed by atoms with van der Waals surface area (Å²) in [6.07, 6.45) is 4.97. The Kier molecular flexibility index (Phi) is 4.60. The Hall–Kier alpha value is -0.910. The molecule has 19 heavy (non-hydrogen) atoms. The Balaban J connectivity index is 2.13. The van der Waals surface area contributed by atoms with Crippen molar-refractivity contribution in [1.82, 2.24) is 4.72 Å². The molecule has 0 aliphatic heterocycles. The zero-order valence-electron chi connectivity index (χ0n) is 11.3. The van der Waals surface area contributed by atoms with Gasteiger partial charge in [-0.15, -0.1) is 0 Å². The SMILES string of the molecule is Cc1ccc(S(=O)(=O)NC2CCCCCC2N)cc1. The number of nitrogens with one attached hydrogen (secondary N) is 1. The van der Waals surface area contributed by atoms with E-state index in [0.717, 1.165) is 37.7 Å². The van der Waals surface area contributed by atoms with Crippen LogP contribution in [0.2, 0.25) is 0 Å². The van der Waals surface area contributed by atoms with Crippen LogP contribution in [0.25, 0.3) is 0 Å². The van der Waals surface area contributed by atoms with Crippen molar-refractivity contribution in [2.24, 2.45) is 5.73 Å². The van der Waals surface area contributed by atoms with E-state index < -0.39 is 10.0 Å². The Morgan fingerprint density at radius 2 is 1.74 bits per heavy atom. The molecule has 4 nitrogen and oxygen atoms in total. The van der Waals surface area contributed by atoms with E-state index in [0.29, 0.717) is 4.90 Å². The van der Waals surface area contributed by atoms with Gasteiger partial charge in [0.15, 0.2) is 0 Å².